The molecule has 0 radical (unpaired) electrons. The maximum absolute atomic E-state index is 11.9. The summed E-state index contributed by atoms with van der Waals surface area (Å²) in [6.07, 6.45) is -0.831. The second-order valence-electron chi connectivity index (χ2n) is 4.24. The normalized spacial score (nSPS) is 13.5. The molecule has 24 heavy (non-hydrogen) atoms. The fraction of sp³-hybridized carbons (Fsp3) is 0.0909. The molecule has 0 aliphatic heterocycles. The molecule has 0 fully saturated rings. The van der Waals surface area contributed by atoms with E-state index in [9.17, 15) is 28.0 Å². The van der Waals surface area contributed by atoms with Crippen LogP contribution in [0, 0.1) is 10.1 Å². The van der Waals surface area contributed by atoms with E-state index in [-0.39, 0.29) is 45.9 Å². The van der Waals surface area contributed by atoms with E-state index in [4.69, 9.17) is 4.52 Å². The van der Waals surface area contributed by atoms with Crippen molar-refractivity contribution >= 4 is 64.2 Å². The van der Waals surface area contributed by atoms with E-state index in [1.54, 1.807) is 5.38 Å². The molecule has 2 aromatic rings. The maximum atomic E-state index is 11.9. The zero-order valence-corrected chi connectivity index (χ0v) is 13.9. The van der Waals surface area contributed by atoms with E-state index in [0.29, 0.717) is 0 Å². The predicted molar refractivity (Wildman–Crippen MR) is 90.2 cm³/mol. The van der Waals surface area contributed by atoms with Crippen molar-refractivity contribution in [3.8, 4) is 5.75 Å². The molecule has 0 bridgehead atoms. The van der Waals surface area contributed by atoms with Crippen molar-refractivity contribution in [1.29, 1.82) is 0 Å². The Bertz CT molecular complexity index is 840. The van der Waals surface area contributed by atoms with E-state index >= 15 is 0 Å². The average molecular weight is 402 g/mol. The molecule has 0 saturated carbocycles. The summed E-state index contributed by atoms with van der Waals surface area (Å²) in [6, 6.07) is 5.85. The third-order valence-corrected chi connectivity index (χ3v) is 6.05. The van der Waals surface area contributed by atoms with Crippen LogP contribution in [0.15, 0.2) is 46.0 Å². The van der Waals surface area contributed by atoms with Crippen molar-refractivity contribution in [3.63, 3.8) is 0 Å². The minimum atomic E-state index is -4.31. The van der Waals surface area contributed by atoms with Gasteiger partial charge in [0.2, 0.25) is 10.0 Å². The fourth-order valence-corrected chi connectivity index (χ4v) is 5.02. The SMILES string of the molecule is O=[N+]([O-])c1ccc(OP(=O)(O)CNS(=O)(=O)c2ccsc2)cc1.[NaH]. The summed E-state index contributed by atoms with van der Waals surface area (Å²) in [6.45, 7) is 0. The van der Waals surface area contributed by atoms with Gasteiger partial charge in [0, 0.05) is 17.5 Å². The van der Waals surface area contributed by atoms with Gasteiger partial charge in [-0.05, 0) is 23.6 Å². The van der Waals surface area contributed by atoms with Crippen LogP contribution in [0.4, 0.5) is 5.69 Å². The Hall–Kier alpha value is -0.780. The predicted octanol–water partition coefficient (Wildman–Crippen LogP) is 1.51. The van der Waals surface area contributed by atoms with Crippen LogP contribution >= 0.6 is 18.9 Å². The quantitative estimate of drug-likeness (QED) is 0.310. The van der Waals surface area contributed by atoms with Crippen molar-refractivity contribution in [1.82, 2.24) is 4.72 Å². The molecule has 2 rings (SSSR count). The van der Waals surface area contributed by atoms with Crippen molar-refractivity contribution in [2.45, 2.75) is 4.90 Å². The van der Waals surface area contributed by atoms with Crippen LogP contribution in [0.2, 0.25) is 0 Å². The van der Waals surface area contributed by atoms with Crippen molar-refractivity contribution in [2.24, 2.45) is 0 Å². The molecule has 0 aliphatic carbocycles. The van der Waals surface area contributed by atoms with Crippen molar-refractivity contribution in [2.75, 3.05) is 6.29 Å². The van der Waals surface area contributed by atoms with Gasteiger partial charge in [0.25, 0.3) is 5.69 Å². The Balaban J connectivity index is 0.00000288. The zero-order valence-electron chi connectivity index (χ0n) is 11.4. The first-order valence-corrected chi connectivity index (χ1v) is 10.2. The van der Waals surface area contributed by atoms with E-state index < -0.39 is 28.8 Å². The van der Waals surface area contributed by atoms with Crippen LogP contribution in [-0.2, 0) is 14.6 Å². The zero-order chi connectivity index (χ0) is 17.1. The van der Waals surface area contributed by atoms with Crippen LogP contribution in [0.3, 0.4) is 0 Å². The summed E-state index contributed by atoms with van der Waals surface area (Å²) in [5.74, 6) is -0.0869. The summed E-state index contributed by atoms with van der Waals surface area (Å²) in [4.78, 5) is 19.5. The molecule has 126 valence electrons. The summed E-state index contributed by atoms with van der Waals surface area (Å²) in [7, 11) is -8.21. The standard InChI is InChI=1S/C11H11N2O7PS2.Na.H/c14-13(15)9-1-3-10(4-2-9)20-21(16,17)8-12-23(18,19)11-5-6-22-7-11;;/h1-7,12H,8H2,(H,16,17);;. The van der Waals surface area contributed by atoms with Gasteiger partial charge in [0.15, 0.2) is 0 Å². The molecule has 0 aliphatic rings. The molecule has 9 nitrogen and oxygen atoms in total. The molecule has 0 spiro atoms. The number of hydrogen-bond acceptors (Lipinski definition) is 7. The number of hydrogen-bond donors (Lipinski definition) is 2. The first-order chi connectivity index (χ1) is 10.7. The Kier molecular flexibility index (Phi) is 7.57. The molecule has 1 unspecified atom stereocenters. The Morgan fingerprint density at radius 3 is 2.42 bits per heavy atom. The van der Waals surface area contributed by atoms with E-state index in [0.717, 1.165) is 24.3 Å². The third-order valence-electron chi connectivity index (χ3n) is 2.56. The number of rotatable bonds is 7. The number of nitro groups is 1. The average Bonchev–Trinajstić information content (AvgIpc) is 3.01. The minimum absolute atomic E-state index is 0. The number of non-ortho nitro benzene ring substituents is 1. The van der Waals surface area contributed by atoms with Gasteiger partial charge in [-0.2, -0.15) is 16.1 Å². The Morgan fingerprint density at radius 2 is 1.92 bits per heavy atom. The summed E-state index contributed by atoms with van der Waals surface area (Å²) in [5, 5.41) is 13.4. The van der Waals surface area contributed by atoms with Crippen LogP contribution in [0.1, 0.15) is 0 Å². The molecule has 2 N–H and O–H groups in total. The molecule has 0 saturated heterocycles. The van der Waals surface area contributed by atoms with Crippen LogP contribution in [-0.4, -0.2) is 54.1 Å². The van der Waals surface area contributed by atoms with Gasteiger partial charge in [-0.3, -0.25) is 10.1 Å². The van der Waals surface area contributed by atoms with Crippen LogP contribution in [0.5, 0.6) is 5.75 Å². The molecular weight excluding hydrogens is 390 g/mol. The summed E-state index contributed by atoms with van der Waals surface area (Å²) < 4.78 is 42.4. The van der Waals surface area contributed by atoms with Gasteiger partial charge >= 0.3 is 37.2 Å². The molecule has 1 heterocycles. The molecule has 0 amide bonds. The van der Waals surface area contributed by atoms with Gasteiger partial charge in [-0.1, -0.05) is 0 Å². The topological polar surface area (TPSA) is 136 Å². The molecule has 1 atom stereocenters. The monoisotopic (exact) mass is 402 g/mol. The summed E-state index contributed by atoms with van der Waals surface area (Å²) in [5.41, 5.74) is -0.205. The Morgan fingerprint density at radius 1 is 1.29 bits per heavy atom. The molecular formula is C11H12N2NaO7PS2. The van der Waals surface area contributed by atoms with Gasteiger partial charge < -0.3 is 9.42 Å². The van der Waals surface area contributed by atoms with E-state index in [2.05, 4.69) is 0 Å². The van der Waals surface area contributed by atoms with Gasteiger partial charge in [-0.25, -0.2) is 13.0 Å². The Labute approximate surface area is 163 Å². The van der Waals surface area contributed by atoms with E-state index in [1.807, 2.05) is 4.72 Å². The number of benzene rings is 1. The second kappa shape index (κ2) is 8.54. The van der Waals surface area contributed by atoms with E-state index in [1.165, 1.54) is 22.8 Å². The number of nitrogens with one attached hydrogen (secondary N) is 1. The second-order valence-corrected chi connectivity index (χ2v) is 8.57. The number of sulfonamides is 1. The molecule has 1 aromatic carbocycles. The van der Waals surface area contributed by atoms with Gasteiger partial charge in [0.1, 0.15) is 12.0 Å². The van der Waals surface area contributed by atoms with Crippen molar-refractivity contribution < 1.29 is 27.3 Å². The first-order valence-electron chi connectivity index (χ1n) is 5.97. The van der Waals surface area contributed by atoms with Crippen LogP contribution < -0.4 is 9.25 Å². The summed E-state index contributed by atoms with van der Waals surface area (Å²) >= 11 is 1.17. The number of nitro benzene ring substituents is 1. The van der Waals surface area contributed by atoms with Gasteiger partial charge in [0.05, 0.1) is 9.82 Å². The van der Waals surface area contributed by atoms with Gasteiger partial charge in [-0.15, -0.1) is 0 Å². The number of nitrogens with zero attached hydrogens (tertiary/aromatic N) is 1. The van der Waals surface area contributed by atoms with Crippen molar-refractivity contribution in [3.05, 3.63) is 51.2 Å². The first kappa shape index (κ1) is 21.3. The third kappa shape index (κ3) is 5.94. The fourth-order valence-electron chi connectivity index (χ4n) is 1.48. The molecule has 13 heteroatoms. The molecule has 1 aromatic heterocycles. The number of thiophene rings is 1. The van der Waals surface area contributed by atoms with Crippen LogP contribution in [0.25, 0.3) is 0 Å².